The fraction of sp³-hybridized carbons (Fsp3) is 0.579. The number of nitrogens with one attached hydrogen (secondary N) is 1. The Morgan fingerprint density at radius 3 is 1.84 bits per heavy atom. The van der Waals surface area contributed by atoms with E-state index >= 15 is 0 Å². The molecule has 0 radical (unpaired) electrons. The predicted molar refractivity (Wildman–Crippen MR) is 102 cm³/mol. The average molecular weight is 354 g/mol. The van der Waals surface area contributed by atoms with E-state index in [2.05, 4.69) is 19.2 Å². The van der Waals surface area contributed by atoms with Crippen molar-refractivity contribution in [3.8, 4) is 11.5 Å². The lowest BCUT2D eigenvalue weighted by atomic mass is 10.2. The molecule has 0 aromatic heterocycles. The summed E-state index contributed by atoms with van der Waals surface area (Å²) in [6.45, 7) is 8.75. The number of methoxy groups -OCH3 is 2. The van der Waals surface area contributed by atoms with Crippen molar-refractivity contribution in [2.45, 2.75) is 53.4 Å². The van der Waals surface area contributed by atoms with Crippen LogP contribution in [0.15, 0.2) is 18.2 Å². The van der Waals surface area contributed by atoms with Crippen molar-refractivity contribution >= 4 is 11.8 Å². The summed E-state index contributed by atoms with van der Waals surface area (Å²) in [6.07, 6.45) is 3.41. The zero-order chi connectivity index (χ0) is 19.7. The van der Waals surface area contributed by atoms with Gasteiger partial charge < -0.3 is 20.5 Å². The molecule has 0 aliphatic heterocycles. The molecule has 6 nitrogen and oxygen atoms in total. The Kier molecular flexibility index (Phi) is 16.6. The zero-order valence-corrected chi connectivity index (χ0v) is 16.5. The summed E-state index contributed by atoms with van der Waals surface area (Å²) < 4.78 is 10.2. The molecule has 0 aliphatic carbocycles. The van der Waals surface area contributed by atoms with Crippen LogP contribution in [0.25, 0.3) is 0 Å². The van der Waals surface area contributed by atoms with Gasteiger partial charge in [0.1, 0.15) is 11.5 Å². The van der Waals surface area contributed by atoms with E-state index in [1.165, 1.54) is 27.1 Å². The van der Waals surface area contributed by atoms with E-state index in [9.17, 15) is 9.59 Å². The van der Waals surface area contributed by atoms with E-state index in [0.717, 1.165) is 0 Å². The summed E-state index contributed by atoms with van der Waals surface area (Å²) in [5, 5.41) is 2.70. The predicted octanol–water partition coefficient (Wildman–Crippen LogP) is 3.53. The number of carbonyl (C=O) groups excluding carboxylic acids is 2. The second-order valence-corrected chi connectivity index (χ2v) is 4.93. The molecule has 0 bridgehead atoms. The third-order valence-corrected chi connectivity index (χ3v) is 3.00. The Hall–Kier alpha value is -2.24. The minimum atomic E-state index is -0.378. The standard InChI is InChI=1S/C13H18N2O4.C4H10.C2H6/c1-18-10-6-9(7-11(8-10)19-2)13(17)15-5-3-4-12(14)16;1-3-4-2;1-2/h6-8H,3-5H2,1-2H3,(H2,14,16)(H,15,17);3-4H2,1-2H3;1-2H3. The molecule has 25 heavy (non-hydrogen) atoms. The normalized spacial score (nSPS) is 8.88. The Morgan fingerprint density at radius 1 is 1.00 bits per heavy atom. The van der Waals surface area contributed by atoms with Crippen LogP contribution in [0.4, 0.5) is 0 Å². The molecule has 0 heterocycles. The largest absolute Gasteiger partial charge is 0.497 e. The molecule has 0 atom stereocenters. The zero-order valence-electron chi connectivity index (χ0n) is 16.5. The number of unbranched alkanes of at least 4 members (excludes halogenated alkanes) is 1. The molecular formula is C19H34N2O4. The van der Waals surface area contributed by atoms with Gasteiger partial charge in [-0.1, -0.05) is 40.5 Å². The third kappa shape index (κ3) is 12.8. The van der Waals surface area contributed by atoms with Gasteiger partial charge in [-0.05, 0) is 18.6 Å². The maximum atomic E-state index is 11.9. The van der Waals surface area contributed by atoms with Gasteiger partial charge in [-0.3, -0.25) is 9.59 Å². The van der Waals surface area contributed by atoms with Crippen LogP contribution in [0.1, 0.15) is 63.7 Å². The minimum Gasteiger partial charge on any atom is -0.497 e. The highest BCUT2D eigenvalue weighted by molar-refractivity contribution is 5.95. The van der Waals surface area contributed by atoms with Crippen molar-refractivity contribution in [3.63, 3.8) is 0 Å². The van der Waals surface area contributed by atoms with E-state index in [1.54, 1.807) is 18.2 Å². The Balaban J connectivity index is 0. The number of hydrogen-bond acceptors (Lipinski definition) is 4. The van der Waals surface area contributed by atoms with Crippen LogP contribution in [0.5, 0.6) is 11.5 Å². The summed E-state index contributed by atoms with van der Waals surface area (Å²) in [6, 6.07) is 4.92. The molecule has 3 N–H and O–H groups in total. The van der Waals surface area contributed by atoms with Crippen molar-refractivity contribution in [2.75, 3.05) is 20.8 Å². The smallest absolute Gasteiger partial charge is 0.251 e. The first kappa shape index (κ1) is 25.0. The molecule has 0 spiro atoms. The number of primary amides is 1. The lowest BCUT2D eigenvalue weighted by Crippen LogP contribution is -2.25. The van der Waals surface area contributed by atoms with Crippen LogP contribution in [0, 0.1) is 0 Å². The lowest BCUT2D eigenvalue weighted by Gasteiger charge is -2.09. The molecule has 0 aliphatic rings. The van der Waals surface area contributed by atoms with Crippen molar-refractivity contribution in [2.24, 2.45) is 5.73 Å². The van der Waals surface area contributed by atoms with E-state index in [0.29, 0.717) is 30.0 Å². The minimum absolute atomic E-state index is 0.248. The molecule has 2 amide bonds. The monoisotopic (exact) mass is 354 g/mol. The highest BCUT2D eigenvalue weighted by atomic mass is 16.5. The quantitative estimate of drug-likeness (QED) is 0.699. The molecule has 1 rings (SSSR count). The fourth-order valence-corrected chi connectivity index (χ4v) is 1.51. The van der Waals surface area contributed by atoms with Crippen molar-refractivity contribution < 1.29 is 19.1 Å². The van der Waals surface area contributed by atoms with Gasteiger partial charge in [-0.25, -0.2) is 0 Å². The molecule has 0 fully saturated rings. The van der Waals surface area contributed by atoms with E-state index in [4.69, 9.17) is 15.2 Å². The van der Waals surface area contributed by atoms with Gasteiger partial charge in [0.05, 0.1) is 14.2 Å². The molecule has 0 saturated heterocycles. The van der Waals surface area contributed by atoms with Crippen LogP contribution in [0.3, 0.4) is 0 Å². The number of nitrogens with two attached hydrogens (primary N) is 1. The molecule has 1 aromatic carbocycles. The summed E-state index contributed by atoms with van der Waals surface area (Å²) in [5.41, 5.74) is 5.45. The first-order valence-corrected chi connectivity index (χ1v) is 8.78. The molecule has 0 unspecified atom stereocenters. The number of hydrogen-bond donors (Lipinski definition) is 2. The molecule has 6 heteroatoms. The first-order valence-electron chi connectivity index (χ1n) is 8.78. The first-order chi connectivity index (χ1) is 12.0. The van der Waals surface area contributed by atoms with E-state index < -0.39 is 0 Å². The Bertz CT molecular complexity index is 466. The summed E-state index contributed by atoms with van der Waals surface area (Å²) in [5.74, 6) is 0.460. The second kappa shape index (κ2) is 16.6. The maximum absolute atomic E-state index is 11.9. The number of amides is 2. The van der Waals surface area contributed by atoms with Crippen molar-refractivity contribution in [1.82, 2.24) is 5.32 Å². The van der Waals surface area contributed by atoms with Crippen molar-refractivity contribution in [1.29, 1.82) is 0 Å². The topological polar surface area (TPSA) is 90.7 Å². The number of carbonyl (C=O) groups is 2. The third-order valence-electron chi connectivity index (χ3n) is 3.00. The van der Waals surface area contributed by atoms with Crippen LogP contribution < -0.4 is 20.5 Å². The Labute approximate surface area is 152 Å². The van der Waals surface area contributed by atoms with Gasteiger partial charge in [-0.15, -0.1) is 0 Å². The number of rotatable bonds is 8. The highest BCUT2D eigenvalue weighted by Crippen LogP contribution is 2.22. The van der Waals surface area contributed by atoms with E-state index in [1.807, 2.05) is 13.8 Å². The summed E-state index contributed by atoms with van der Waals surface area (Å²) >= 11 is 0. The SMILES string of the molecule is CC.CCCC.COc1cc(OC)cc(C(=O)NCCCC(N)=O)c1. The summed E-state index contributed by atoms with van der Waals surface area (Å²) in [7, 11) is 3.03. The van der Waals surface area contributed by atoms with Crippen molar-refractivity contribution in [3.05, 3.63) is 23.8 Å². The molecule has 0 saturated carbocycles. The molecule has 1 aromatic rings. The van der Waals surface area contributed by atoms with Gasteiger partial charge >= 0.3 is 0 Å². The fourth-order valence-electron chi connectivity index (χ4n) is 1.51. The van der Waals surface area contributed by atoms with Crippen LogP contribution >= 0.6 is 0 Å². The van der Waals surface area contributed by atoms with Gasteiger partial charge in [0, 0.05) is 24.6 Å². The number of benzene rings is 1. The lowest BCUT2D eigenvalue weighted by molar-refractivity contribution is -0.118. The Morgan fingerprint density at radius 2 is 1.48 bits per heavy atom. The van der Waals surface area contributed by atoms with Crippen LogP contribution in [-0.2, 0) is 4.79 Å². The summed E-state index contributed by atoms with van der Waals surface area (Å²) in [4.78, 5) is 22.4. The van der Waals surface area contributed by atoms with E-state index in [-0.39, 0.29) is 18.2 Å². The van der Waals surface area contributed by atoms with Gasteiger partial charge in [0.15, 0.2) is 0 Å². The average Bonchev–Trinajstić information content (AvgIpc) is 2.66. The highest BCUT2D eigenvalue weighted by Gasteiger charge is 2.09. The van der Waals surface area contributed by atoms with Gasteiger partial charge in [0.2, 0.25) is 5.91 Å². The van der Waals surface area contributed by atoms with Gasteiger partial charge in [-0.2, -0.15) is 0 Å². The molecular weight excluding hydrogens is 320 g/mol. The van der Waals surface area contributed by atoms with Crippen LogP contribution in [0.2, 0.25) is 0 Å². The molecule has 144 valence electrons. The maximum Gasteiger partial charge on any atom is 0.251 e. The number of ether oxygens (including phenoxy) is 2. The van der Waals surface area contributed by atoms with Gasteiger partial charge in [0.25, 0.3) is 5.91 Å². The second-order valence-electron chi connectivity index (χ2n) is 4.93. The van der Waals surface area contributed by atoms with Crippen LogP contribution in [-0.4, -0.2) is 32.6 Å².